The van der Waals surface area contributed by atoms with Crippen molar-refractivity contribution in [1.82, 2.24) is 0 Å². The van der Waals surface area contributed by atoms with Crippen molar-refractivity contribution >= 4 is 33.6 Å². The number of rotatable bonds is 6. The summed E-state index contributed by atoms with van der Waals surface area (Å²) in [5.41, 5.74) is 1.76. The van der Waals surface area contributed by atoms with Gasteiger partial charge in [-0.25, -0.2) is 0 Å². The van der Waals surface area contributed by atoms with Gasteiger partial charge >= 0.3 is 11.9 Å². The van der Waals surface area contributed by atoms with Gasteiger partial charge in [0.1, 0.15) is 0 Å². The van der Waals surface area contributed by atoms with E-state index in [0.29, 0.717) is 0 Å². The molecule has 0 spiro atoms. The highest BCUT2D eigenvalue weighted by Gasteiger charge is 2.20. The van der Waals surface area contributed by atoms with Gasteiger partial charge in [-0.1, -0.05) is 15.9 Å². The maximum Gasteiger partial charge on any atom is 0.308 e. The third-order valence-corrected chi connectivity index (χ3v) is 2.99. The molecule has 0 aliphatic rings. The van der Waals surface area contributed by atoms with E-state index in [1.807, 2.05) is 25.1 Å². The minimum Gasteiger partial charge on any atom is -0.481 e. The van der Waals surface area contributed by atoms with Crippen molar-refractivity contribution in [3.05, 3.63) is 28.2 Å². The third kappa shape index (κ3) is 4.37. The van der Waals surface area contributed by atoms with Crippen molar-refractivity contribution in [1.29, 1.82) is 0 Å². The van der Waals surface area contributed by atoms with Gasteiger partial charge in [-0.3, -0.25) is 9.59 Å². The Morgan fingerprint density at radius 3 is 2.56 bits per heavy atom. The molecule has 5 nitrogen and oxygen atoms in total. The fourth-order valence-electron chi connectivity index (χ4n) is 1.52. The molecule has 0 fully saturated rings. The average Bonchev–Trinajstić information content (AvgIpc) is 2.25. The molecule has 0 bridgehead atoms. The van der Waals surface area contributed by atoms with Crippen LogP contribution in [-0.4, -0.2) is 28.7 Å². The van der Waals surface area contributed by atoms with Crippen molar-refractivity contribution in [2.75, 3.05) is 11.9 Å². The molecule has 1 atom stereocenters. The number of aliphatic carboxylic acids is 2. The maximum atomic E-state index is 10.9. The van der Waals surface area contributed by atoms with Gasteiger partial charge in [0.25, 0.3) is 0 Å². The van der Waals surface area contributed by atoms with E-state index in [1.54, 1.807) is 0 Å². The molecule has 0 heterocycles. The van der Waals surface area contributed by atoms with Crippen LogP contribution in [0.4, 0.5) is 5.69 Å². The van der Waals surface area contributed by atoms with Crippen molar-refractivity contribution in [3.63, 3.8) is 0 Å². The number of nitrogens with one attached hydrogen (secondary N) is 1. The van der Waals surface area contributed by atoms with E-state index < -0.39 is 24.3 Å². The minimum absolute atomic E-state index is 0.0874. The Morgan fingerprint density at radius 2 is 2.06 bits per heavy atom. The lowest BCUT2D eigenvalue weighted by Gasteiger charge is -2.14. The van der Waals surface area contributed by atoms with Crippen LogP contribution in [-0.2, 0) is 9.59 Å². The van der Waals surface area contributed by atoms with Crippen molar-refractivity contribution in [3.8, 4) is 0 Å². The zero-order valence-corrected chi connectivity index (χ0v) is 11.4. The van der Waals surface area contributed by atoms with Crippen LogP contribution in [0, 0.1) is 12.8 Å². The Labute approximate surface area is 113 Å². The topological polar surface area (TPSA) is 86.6 Å². The Hall–Kier alpha value is -1.56. The van der Waals surface area contributed by atoms with Gasteiger partial charge in [0.05, 0.1) is 12.3 Å². The monoisotopic (exact) mass is 315 g/mol. The summed E-state index contributed by atoms with van der Waals surface area (Å²) in [5, 5.41) is 20.5. The average molecular weight is 316 g/mol. The minimum atomic E-state index is -1.11. The fraction of sp³-hybridized carbons (Fsp3) is 0.333. The summed E-state index contributed by atoms with van der Waals surface area (Å²) in [6.07, 6.45) is -0.391. The van der Waals surface area contributed by atoms with E-state index in [2.05, 4.69) is 21.2 Å². The first-order valence-electron chi connectivity index (χ1n) is 5.34. The number of hydrogen-bond donors (Lipinski definition) is 3. The highest BCUT2D eigenvalue weighted by atomic mass is 79.9. The molecule has 0 aliphatic heterocycles. The van der Waals surface area contributed by atoms with E-state index in [4.69, 9.17) is 10.2 Å². The predicted molar refractivity (Wildman–Crippen MR) is 70.7 cm³/mol. The highest BCUT2D eigenvalue weighted by molar-refractivity contribution is 9.10. The molecule has 1 rings (SSSR count). The van der Waals surface area contributed by atoms with Gasteiger partial charge in [0.2, 0.25) is 0 Å². The lowest BCUT2D eigenvalue weighted by Crippen LogP contribution is -2.25. The summed E-state index contributed by atoms with van der Waals surface area (Å²) in [7, 11) is 0. The highest BCUT2D eigenvalue weighted by Crippen LogP contribution is 2.20. The summed E-state index contributed by atoms with van der Waals surface area (Å²) < 4.78 is 0.936. The molecular weight excluding hydrogens is 302 g/mol. The van der Waals surface area contributed by atoms with Crippen LogP contribution in [0.3, 0.4) is 0 Å². The molecule has 0 saturated heterocycles. The Balaban J connectivity index is 2.66. The van der Waals surface area contributed by atoms with E-state index >= 15 is 0 Å². The number of benzene rings is 1. The Kier molecular flexibility index (Phi) is 5.15. The van der Waals surface area contributed by atoms with E-state index in [0.717, 1.165) is 15.7 Å². The lowest BCUT2D eigenvalue weighted by molar-refractivity contribution is -0.147. The molecule has 0 saturated carbocycles. The fourth-order valence-corrected chi connectivity index (χ4v) is 1.99. The number of halogens is 1. The predicted octanol–water partition coefficient (Wildman–Crippen LogP) is 2.34. The molecule has 0 radical (unpaired) electrons. The molecule has 1 aromatic carbocycles. The van der Waals surface area contributed by atoms with E-state index in [1.165, 1.54) is 0 Å². The number of anilines is 1. The zero-order valence-electron chi connectivity index (χ0n) is 9.81. The third-order valence-electron chi connectivity index (χ3n) is 2.50. The smallest absolute Gasteiger partial charge is 0.308 e. The molecule has 18 heavy (non-hydrogen) atoms. The molecular formula is C12H14BrNO4. The molecule has 1 aromatic rings. The second-order valence-electron chi connectivity index (χ2n) is 3.97. The van der Waals surface area contributed by atoms with Gasteiger partial charge in [-0.15, -0.1) is 0 Å². The summed E-state index contributed by atoms with van der Waals surface area (Å²) in [6.45, 7) is 1.98. The van der Waals surface area contributed by atoms with Crippen LogP contribution in [0.15, 0.2) is 22.7 Å². The number of hydrogen-bond acceptors (Lipinski definition) is 3. The molecule has 0 aliphatic carbocycles. The molecule has 1 unspecified atom stereocenters. The normalized spacial score (nSPS) is 11.9. The maximum absolute atomic E-state index is 10.9. The van der Waals surface area contributed by atoms with Crippen LogP contribution in [0.25, 0.3) is 0 Å². The van der Waals surface area contributed by atoms with Crippen molar-refractivity contribution in [2.24, 2.45) is 5.92 Å². The zero-order chi connectivity index (χ0) is 13.7. The van der Waals surface area contributed by atoms with Gasteiger partial charge < -0.3 is 15.5 Å². The summed E-state index contributed by atoms with van der Waals surface area (Å²) in [5.74, 6) is -3.16. The largest absolute Gasteiger partial charge is 0.481 e. The molecule has 3 N–H and O–H groups in total. The standard InChI is InChI=1S/C12H14BrNO4/c1-7-4-9(13)2-3-10(7)14-6-8(12(17)18)5-11(15)16/h2-4,8,14H,5-6H2,1H3,(H,15,16)(H,17,18). The van der Waals surface area contributed by atoms with Gasteiger partial charge in [-0.2, -0.15) is 0 Å². The van der Waals surface area contributed by atoms with Crippen LogP contribution < -0.4 is 5.32 Å². The molecule has 6 heteroatoms. The second-order valence-corrected chi connectivity index (χ2v) is 4.89. The SMILES string of the molecule is Cc1cc(Br)ccc1NCC(CC(=O)O)C(=O)O. The number of aryl methyl sites for hydroxylation is 1. The van der Waals surface area contributed by atoms with Gasteiger partial charge in [-0.05, 0) is 30.7 Å². The van der Waals surface area contributed by atoms with Crippen LogP contribution >= 0.6 is 15.9 Å². The Bertz CT molecular complexity index is 461. The van der Waals surface area contributed by atoms with Crippen molar-refractivity contribution < 1.29 is 19.8 Å². The number of carbonyl (C=O) groups is 2. The van der Waals surface area contributed by atoms with E-state index in [9.17, 15) is 9.59 Å². The van der Waals surface area contributed by atoms with Crippen LogP contribution in [0.5, 0.6) is 0 Å². The number of carboxylic acids is 2. The van der Waals surface area contributed by atoms with Crippen LogP contribution in [0.2, 0.25) is 0 Å². The molecule has 0 amide bonds. The number of carboxylic acid groups (broad SMARTS) is 2. The molecule has 98 valence electrons. The quantitative estimate of drug-likeness (QED) is 0.750. The van der Waals surface area contributed by atoms with E-state index in [-0.39, 0.29) is 6.54 Å². The van der Waals surface area contributed by atoms with Crippen LogP contribution in [0.1, 0.15) is 12.0 Å². The first kappa shape index (κ1) is 14.5. The summed E-state index contributed by atoms with van der Waals surface area (Å²) >= 11 is 3.33. The summed E-state index contributed by atoms with van der Waals surface area (Å²) in [4.78, 5) is 21.4. The first-order valence-corrected chi connectivity index (χ1v) is 6.14. The van der Waals surface area contributed by atoms with Gasteiger partial charge in [0, 0.05) is 16.7 Å². The lowest BCUT2D eigenvalue weighted by atomic mass is 10.1. The second kappa shape index (κ2) is 6.39. The van der Waals surface area contributed by atoms with Gasteiger partial charge in [0.15, 0.2) is 0 Å². The first-order chi connectivity index (χ1) is 8.40. The van der Waals surface area contributed by atoms with Crippen molar-refractivity contribution in [2.45, 2.75) is 13.3 Å². The Morgan fingerprint density at radius 1 is 1.39 bits per heavy atom. The molecule has 0 aromatic heterocycles. The summed E-state index contributed by atoms with van der Waals surface area (Å²) in [6, 6.07) is 5.55.